The van der Waals surface area contributed by atoms with Gasteiger partial charge in [0.1, 0.15) is 0 Å². The Morgan fingerprint density at radius 3 is 2.16 bits per heavy atom. The summed E-state index contributed by atoms with van der Waals surface area (Å²) < 4.78 is 1.40. The van der Waals surface area contributed by atoms with Crippen LogP contribution in [0.3, 0.4) is 0 Å². The van der Waals surface area contributed by atoms with E-state index in [2.05, 4.69) is 190 Å². The smallest absolute Gasteiger partial charge is 0.334 e. The number of thiophene rings is 1. The Labute approximate surface area is 367 Å². The zero-order chi connectivity index (χ0) is 41.6. The molecule has 3 aliphatic heterocycles. The van der Waals surface area contributed by atoms with Gasteiger partial charge in [0.2, 0.25) is 0 Å². The van der Waals surface area contributed by atoms with Crippen molar-refractivity contribution in [1.82, 2.24) is 0 Å². The summed E-state index contributed by atoms with van der Waals surface area (Å²) in [7, 11) is -1.31. The molecule has 0 atom stereocenters. The number of hydrogen-bond acceptors (Lipinski definition) is 3. The van der Waals surface area contributed by atoms with Crippen molar-refractivity contribution in [3.05, 3.63) is 150 Å². The lowest BCUT2D eigenvalue weighted by Crippen LogP contribution is -2.62. The van der Waals surface area contributed by atoms with Crippen LogP contribution in [0, 0.1) is 0 Å². The van der Waals surface area contributed by atoms with Crippen molar-refractivity contribution in [2.75, 3.05) is 22.2 Å². The lowest BCUT2D eigenvalue weighted by Gasteiger charge is -2.52. The van der Waals surface area contributed by atoms with Crippen LogP contribution in [-0.2, 0) is 17.3 Å². The van der Waals surface area contributed by atoms with Crippen molar-refractivity contribution in [3.8, 4) is 22.3 Å². The molecule has 1 aliphatic carbocycles. The Bertz CT molecular complexity index is 3140. The van der Waals surface area contributed by atoms with Crippen LogP contribution in [0.4, 0.5) is 27.8 Å². The van der Waals surface area contributed by atoms with Crippen LogP contribution in [0.15, 0.2) is 143 Å². The first-order valence-corrected chi connectivity index (χ1v) is 25.6. The molecule has 0 fully saturated rings. The average Bonchev–Trinajstić information content (AvgIpc) is 3.65. The van der Waals surface area contributed by atoms with Crippen LogP contribution >= 0.6 is 21.4 Å². The third-order valence-corrected chi connectivity index (χ3v) is 19.0. The van der Waals surface area contributed by atoms with Gasteiger partial charge in [-0.1, -0.05) is 126 Å². The number of fused-ring (bicyclic) bond motifs is 11. The minimum atomic E-state index is -1.31. The molecule has 0 spiro atoms. The number of benzene rings is 7. The molecule has 8 aromatic rings. The van der Waals surface area contributed by atoms with Gasteiger partial charge >= 0.3 is 6.85 Å². The summed E-state index contributed by atoms with van der Waals surface area (Å²) in [6, 6.07) is 52.2. The predicted octanol–water partition coefficient (Wildman–Crippen LogP) is 14.9. The Balaban J connectivity index is 1.27. The highest BCUT2D eigenvalue weighted by molar-refractivity contribution is 8.33. The fourth-order valence-electron chi connectivity index (χ4n) is 11.6. The van der Waals surface area contributed by atoms with Crippen molar-refractivity contribution in [1.29, 1.82) is 0 Å². The summed E-state index contributed by atoms with van der Waals surface area (Å²) in [5.74, 6) is 0. The van der Waals surface area contributed by atoms with Crippen molar-refractivity contribution in [3.63, 3.8) is 0 Å². The van der Waals surface area contributed by atoms with E-state index in [4.69, 9.17) is 0 Å². The van der Waals surface area contributed by atoms with Gasteiger partial charge in [-0.3, -0.25) is 0 Å². The van der Waals surface area contributed by atoms with Gasteiger partial charge in [0, 0.05) is 42.7 Å². The van der Waals surface area contributed by atoms with Gasteiger partial charge in [-0.2, -0.15) is 10.0 Å². The number of unbranched alkanes of at least 4 members (excludes halogenated alkanes) is 1. The number of anilines is 5. The minimum Gasteiger partial charge on any atom is -0.375 e. The molecule has 0 amide bonds. The maximum absolute atomic E-state index is 2.81. The molecule has 1 aromatic heterocycles. The Morgan fingerprint density at radius 2 is 1.36 bits per heavy atom. The van der Waals surface area contributed by atoms with Crippen LogP contribution in [0.5, 0.6) is 0 Å². The summed E-state index contributed by atoms with van der Waals surface area (Å²) in [4.78, 5) is 8.48. The van der Waals surface area contributed by atoms with Gasteiger partial charge in [-0.25, -0.2) is 0 Å². The highest BCUT2D eigenvalue weighted by atomic mass is 32.3. The van der Waals surface area contributed by atoms with Crippen molar-refractivity contribution < 1.29 is 0 Å². The molecular formula is C56H53BN2S2. The van der Waals surface area contributed by atoms with E-state index in [-0.39, 0.29) is 17.7 Å². The lowest BCUT2D eigenvalue weighted by atomic mass is 9.43. The highest BCUT2D eigenvalue weighted by Crippen LogP contribution is 2.69. The summed E-state index contributed by atoms with van der Waals surface area (Å²) in [5, 5.41) is 5.40. The number of nitrogens with zero attached hydrogens (tertiary/aromatic N) is 2. The zero-order valence-electron chi connectivity index (χ0n) is 36.5. The molecule has 0 bridgehead atoms. The van der Waals surface area contributed by atoms with Gasteiger partial charge in [0.05, 0.1) is 10.7 Å². The quantitative estimate of drug-likeness (QED) is 0.160. The average molecular weight is 829 g/mol. The molecule has 2 nitrogen and oxygen atoms in total. The van der Waals surface area contributed by atoms with Gasteiger partial charge in [0.25, 0.3) is 0 Å². The zero-order valence-corrected chi connectivity index (χ0v) is 38.2. The molecule has 5 heteroatoms. The first-order valence-electron chi connectivity index (χ1n) is 22.4. The van der Waals surface area contributed by atoms with Crippen LogP contribution in [0.25, 0.3) is 43.1 Å². The molecule has 0 N–H and O–H groups in total. The van der Waals surface area contributed by atoms with Gasteiger partial charge < -0.3 is 9.71 Å². The molecule has 0 radical (unpaired) electrons. The molecule has 0 saturated heterocycles. The van der Waals surface area contributed by atoms with E-state index in [1.54, 1.807) is 0 Å². The minimum absolute atomic E-state index is 0.0123. The van der Waals surface area contributed by atoms with Crippen LogP contribution in [0.2, 0.25) is 0 Å². The molecule has 61 heavy (non-hydrogen) atoms. The van der Waals surface area contributed by atoms with Gasteiger partial charge in [-0.05, 0) is 152 Å². The number of aryl methyl sites for hydroxylation is 1. The molecular weight excluding hydrogens is 776 g/mol. The van der Waals surface area contributed by atoms with E-state index in [1.807, 2.05) is 11.3 Å². The lowest BCUT2D eigenvalue weighted by molar-refractivity contribution is 0.332. The highest BCUT2D eigenvalue weighted by Gasteiger charge is 2.51. The standard InChI is InChI=1S/C56H53BN2S2/c1-8-9-18-35-27-28-44(40(31-35)36-19-11-10-12-20-36)58-46-32-37-21-13-14-22-38(37)50-39-23-17-26-49-53(39)59(45-24-15-16-25-48(45)61(49,6)7)57(52(46)50)51-41-33-42-43(34-47(41)60-54(51)58)56(4,5)30-29-55(42,2)3/h10-17,19-28,31-34H,8-9,18,29-30H2,1-7H3. The van der Waals surface area contributed by atoms with Crippen LogP contribution < -0.4 is 20.6 Å². The topological polar surface area (TPSA) is 6.48 Å². The molecule has 4 aliphatic rings. The normalized spacial score (nSPS) is 17.7. The second-order valence-corrected chi connectivity index (χ2v) is 24.3. The van der Waals surface area contributed by atoms with E-state index in [1.165, 1.54) is 134 Å². The Kier molecular flexibility index (Phi) is 8.09. The molecule has 7 aromatic carbocycles. The number of rotatable bonds is 5. The first kappa shape index (κ1) is 37.5. The fraction of sp³-hybridized carbons (Fsp3) is 0.250. The Morgan fingerprint density at radius 1 is 0.639 bits per heavy atom. The Hall–Kier alpha value is -5.23. The fourth-order valence-corrected chi connectivity index (χ4v) is 15.3. The third kappa shape index (κ3) is 5.23. The van der Waals surface area contributed by atoms with E-state index < -0.39 is 10.0 Å². The predicted molar refractivity (Wildman–Crippen MR) is 268 cm³/mol. The maximum atomic E-state index is 2.81. The van der Waals surface area contributed by atoms with Gasteiger partial charge in [0.15, 0.2) is 0 Å². The molecule has 0 saturated carbocycles. The van der Waals surface area contributed by atoms with E-state index in [9.17, 15) is 0 Å². The largest absolute Gasteiger partial charge is 0.375 e. The van der Waals surface area contributed by atoms with E-state index in [0.717, 1.165) is 6.42 Å². The number of para-hydroxylation sites is 2. The molecule has 4 heterocycles. The first-order chi connectivity index (χ1) is 29.5. The summed E-state index contributed by atoms with van der Waals surface area (Å²) in [6.45, 7) is 12.2. The summed E-state index contributed by atoms with van der Waals surface area (Å²) in [5.41, 5.74) is 18.2. The molecule has 0 unspecified atom stereocenters. The SMILES string of the molecule is CCCCc1ccc(N2c3cc4ccccc4c4c3B(c3c2sc2cc5c(cc32)C(C)(C)CCC5(C)C)N2c3ccccc3S(C)(C)c3cccc-4c32)c(-c2ccccc2)c1. The molecule has 302 valence electrons. The van der Waals surface area contributed by atoms with Crippen LogP contribution in [-0.4, -0.2) is 19.4 Å². The van der Waals surface area contributed by atoms with Gasteiger partial charge in [-0.15, -0.1) is 11.3 Å². The van der Waals surface area contributed by atoms with E-state index in [0.29, 0.717) is 0 Å². The third-order valence-electron chi connectivity index (χ3n) is 14.9. The number of hydrogen-bond donors (Lipinski definition) is 0. The van der Waals surface area contributed by atoms with Crippen LogP contribution in [0.1, 0.15) is 77.0 Å². The maximum Gasteiger partial charge on any atom is 0.334 e. The van der Waals surface area contributed by atoms with Crippen molar-refractivity contribution >= 4 is 87.7 Å². The second kappa shape index (κ2) is 13.1. The summed E-state index contributed by atoms with van der Waals surface area (Å²) in [6.07, 6.45) is 10.9. The summed E-state index contributed by atoms with van der Waals surface area (Å²) >= 11 is 2.02. The molecule has 12 rings (SSSR count). The van der Waals surface area contributed by atoms with E-state index >= 15 is 0 Å². The monoisotopic (exact) mass is 828 g/mol. The van der Waals surface area contributed by atoms with Crippen molar-refractivity contribution in [2.24, 2.45) is 0 Å². The van der Waals surface area contributed by atoms with Crippen molar-refractivity contribution in [2.45, 2.75) is 87.3 Å². The second-order valence-electron chi connectivity index (χ2n) is 19.8.